The van der Waals surface area contributed by atoms with Crippen LogP contribution in [0.5, 0.6) is 11.5 Å². The third-order valence-electron chi connectivity index (χ3n) is 9.96. The average Bonchev–Trinajstić information content (AvgIpc) is 2.97. The fourth-order valence-electron chi connectivity index (χ4n) is 8.47. The Bertz CT molecular complexity index is 1330. The molecule has 6 nitrogen and oxygen atoms in total. The molecule has 2 aromatic carbocycles. The van der Waals surface area contributed by atoms with Crippen LogP contribution in [0.2, 0.25) is 5.02 Å². The van der Waals surface area contributed by atoms with E-state index in [2.05, 4.69) is 4.90 Å². The number of benzene rings is 2. The highest BCUT2D eigenvalue weighted by atomic mass is 35.5. The van der Waals surface area contributed by atoms with E-state index in [-0.39, 0.29) is 16.2 Å². The number of hydrogen-bond donors (Lipinski definition) is 0. The van der Waals surface area contributed by atoms with Crippen molar-refractivity contribution in [3.05, 3.63) is 47.5 Å². The predicted molar refractivity (Wildman–Crippen MR) is 147 cm³/mol. The number of fused-ring (bicyclic) bond motifs is 2. The maximum Gasteiger partial charge on any atom is 0.268 e. The van der Waals surface area contributed by atoms with Crippen LogP contribution in [0, 0.1) is 29.1 Å². The van der Waals surface area contributed by atoms with Gasteiger partial charge in [-0.2, -0.15) is 0 Å². The van der Waals surface area contributed by atoms with Crippen molar-refractivity contribution >= 4 is 33.1 Å². The first-order chi connectivity index (χ1) is 18.3. The van der Waals surface area contributed by atoms with Crippen LogP contribution in [-0.2, 0) is 14.8 Å². The highest BCUT2D eigenvalue weighted by Crippen LogP contribution is 2.60. The second-order valence-corrected chi connectivity index (χ2v) is 14.8. The van der Waals surface area contributed by atoms with Gasteiger partial charge in [-0.05, 0) is 118 Å². The third kappa shape index (κ3) is 4.25. The molecule has 8 rings (SSSR count). The molecule has 0 spiro atoms. The zero-order valence-corrected chi connectivity index (χ0v) is 23.2. The topological polar surface area (TPSA) is 66.9 Å². The SMILES string of the molecule is O=C(CN1CCC(CN2c3ccccc3Oc3ccc(Cl)cc3S2(=O)=O)CC1)C12CC3CC(CC(C3)C1)C2. The Morgan fingerprint density at radius 2 is 1.61 bits per heavy atom. The predicted octanol–water partition coefficient (Wildman–Crippen LogP) is 6.14. The molecular formula is C30H35ClN2O4S. The van der Waals surface area contributed by atoms with E-state index in [4.69, 9.17) is 16.3 Å². The quantitative estimate of drug-likeness (QED) is 0.444. The van der Waals surface area contributed by atoms with Crippen molar-refractivity contribution in [3.63, 3.8) is 0 Å². The lowest BCUT2D eigenvalue weighted by Crippen LogP contribution is -2.53. The van der Waals surface area contributed by atoms with Crippen molar-refractivity contribution in [2.75, 3.05) is 30.5 Å². The van der Waals surface area contributed by atoms with Crippen LogP contribution in [0.1, 0.15) is 51.4 Å². The number of carbonyl (C=O) groups is 1. The number of rotatable bonds is 5. The lowest BCUT2D eigenvalue weighted by atomic mass is 9.48. The van der Waals surface area contributed by atoms with E-state index in [0.29, 0.717) is 41.1 Å². The highest BCUT2D eigenvalue weighted by molar-refractivity contribution is 7.93. The van der Waals surface area contributed by atoms with Crippen LogP contribution in [0.3, 0.4) is 0 Å². The third-order valence-corrected chi connectivity index (χ3v) is 12.0. The molecule has 4 aliphatic carbocycles. The number of piperidine rings is 1. The minimum atomic E-state index is -3.86. The van der Waals surface area contributed by atoms with Gasteiger partial charge in [0.2, 0.25) is 0 Å². The average molecular weight is 555 g/mol. The normalized spacial score (nSPS) is 31.8. The van der Waals surface area contributed by atoms with Crippen molar-refractivity contribution in [2.24, 2.45) is 29.1 Å². The minimum absolute atomic E-state index is 0.0515. The lowest BCUT2D eigenvalue weighted by Gasteiger charge is -2.56. The number of sulfonamides is 1. The number of ketones is 1. The standard InChI is InChI=1S/C30H35ClN2O4S/c31-24-5-6-27-28(14-24)38(35,36)33(25-3-1-2-4-26(25)37-27)18-20-7-9-32(10-8-20)19-29(34)30-15-21-11-22(16-30)13-23(12-21)17-30/h1-6,14,20-23H,7-13,15-19H2. The number of anilines is 1. The van der Waals surface area contributed by atoms with Crippen LogP contribution < -0.4 is 9.04 Å². The van der Waals surface area contributed by atoms with Gasteiger partial charge in [0.25, 0.3) is 10.0 Å². The van der Waals surface area contributed by atoms with Gasteiger partial charge >= 0.3 is 0 Å². The lowest BCUT2D eigenvalue weighted by molar-refractivity contribution is -0.145. The summed E-state index contributed by atoms with van der Waals surface area (Å²) in [7, 11) is -3.86. The maximum absolute atomic E-state index is 13.9. The molecule has 8 heteroatoms. The van der Waals surface area contributed by atoms with Crippen molar-refractivity contribution in [3.8, 4) is 11.5 Å². The van der Waals surface area contributed by atoms with Crippen LogP contribution >= 0.6 is 11.6 Å². The Morgan fingerprint density at radius 1 is 0.947 bits per heavy atom. The molecule has 1 saturated heterocycles. The molecule has 0 N–H and O–H groups in total. The molecule has 202 valence electrons. The number of para-hydroxylation sites is 2. The first kappa shape index (κ1) is 24.9. The first-order valence-electron chi connectivity index (χ1n) is 14.1. The summed E-state index contributed by atoms with van der Waals surface area (Å²) in [6.07, 6.45) is 9.14. The van der Waals surface area contributed by atoms with E-state index in [0.717, 1.165) is 62.9 Å². The molecule has 0 amide bonds. The number of halogens is 1. The van der Waals surface area contributed by atoms with Crippen molar-refractivity contribution < 1.29 is 17.9 Å². The van der Waals surface area contributed by atoms with Crippen LogP contribution in [0.4, 0.5) is 5.69 Å². The second-order valence-electron chi connectivity index (χ2n) is 12.5. The number of ether oxygens (including phenoxy) is 1. The summed E-state index contributed by atoms with van der Waals surface area (Å²) in [5.74, 6) is 3.82. The van der Waals surface area contributed by atoms with Crippen LogP contribution in [0.15, 0.2) is 47.4 Å². The van der Waals surface area contributed by atoms with Gasteiger partial charge in [0, 0.05) is 17.0 Å². The number of nitrogens with zero attached hydrogens (tertiary/aromatic N) is 2. The molecule has 2 aromatic rings. The first-order valence-corrected chi connectivity index (χ1v) is 16.0. The molecule has 2 aliphatic heterocycles. The smallest absolute Gasteiger partial charge is 0.268 e. The zero-order chi connectivity index (χ0) is 26.1. The summed E-state index contributed by atoms with van der Waals surface area (Å²) in [6.45, 7) is 2.60. The van der Waals surface area contributed by atoms with Gasteiger partial charge in [-0.1, -0.05) is 23.7 Å². The highest BCUT2D eigenvalue weighted by Gasteiger charge is 2.54. The van der Waals surface area contributed by atoms with E-state index in [1.54, 1.807) is 24.3 Å². The van der Waals surface area contributed by atoms with E-state index < -0.39 is 10.0 Å². The largest absolute Gasteiger partial charge is 0.454 e. The van der Waals surface area contributed by atoms with Gasteiger partial charge in [0.05, 0.1) is 12.2 Å². The summed E-state index contributed by atoms with van der Waals surface area (Å²) in [6, 6.07) is 12.0. The molecule has 38 heavy (non-hydrogen) atoms. The molecule has 0 radical (unpaired) electrons. The molecule has 4 bridgehead atoms. The van der Waals surface area contributed by atoms with Gasteiger partial charge in [-0.25, -0.2) is 8.42 Å². The number of likely N-dealkylation sites (tertiary alicyclic amines) is 1. The van der Waals surface area contributed by atoms with Crippen LogP contribution in [-0.4, -0.2) is 45.3 Å². The molecule has 5 fully saturated rings. The summed E-state index contributed by atoms with van der Waals surface area (Å²) >= 11 is 6.19. The summed E-state index contributed by atoms with van der Waals surface area (Å²) < 4.78 is 35.3. The molecule has 6 aliphatic rings. The number of hydrogen-bond acceptors (Lipinski definition) is 5. The van der Waals surface area contributed by atoms with Crippen molar-refractivity contribution in [1.29, 1.82) is 0 Å². The number of Topliss-reactive ketones (excluding diaryl/α,β-unsaturated/α-hetero) is 1. The Morgan fingerprint density at radius 3 is 2.29 bits per heavy atom. The van der Waals surface area contributed by atoms with E-state index in [9.17, 15) is 13.2 Å². The summed E-state index contributed by atoms with van der Waals surface area (Å²) in [4.78, 5) is 16.0. The van der Waals surface area contributed by atoms with Gasteiger partial charge in [-0.15, -0.1) is 0 Å². The number of carbonyl (C=O) groups excluding carboxylic acids is 1. The molecule has 0 aromatic heterocycles. The van der Waals surface area contributed by atoms with Gasteiger partial charge < -0.3 is 4.74 Å². The van der Waals surface area contributed by atoms with E-state index >= 15 is 0 Å². The molecular weight excluding hydrogens is 520 g/mol. The van der Waals surface area contributed by atoms with Gasteiger partial charge in [0.15, 0.2) is 11.5 Å². The van der Waals surface area contributed by atoms with E-state index in [1.165, 1.54) is 29.6 Å². The summed E-state index contributed by atoms with van der Waals surface area (Å²) in [5, 5.41) is 0.360. The molecule has 0 unspecified atom stereocenters. The Labute approximate surface area is 230 Å². The fraction of sp³-hybridized carbons (Fsp3) is 0.567. The van der Waals surface area contributed by atoms with Crippen molar-refractivity contribution in [1.82, 2.24) is 4.90 Å². The zero-order valence-electron chi connectivity index (χ0n) is 21.6. The van der Waals surface area contributed by atoms with Crippen molar-refractivity contribution in [2.45, 2.75) is 56.3 Å². The molecule has 4 saturated carbocycles. The molecule has 0 atom stereocenters. The van der Waals surface area contributed by atoms with Crippen LogP contribution in [0.25, 0.3) is 0 Å². The fourth-order valence-corrected chi connectivity index (χ4v) is 10.4. The maximum atomic E-state index is 13.9. The Hall–Kier alpha value is -2.09. The summed E-state index contributed by atoms with van der Waals surface area (Å²) in [5.41, 5.74) is 0.503. The van der Waals surface area contributed by atoms with Gasteiger partial charge in [-0.3, -0.25) is 14.0 Å². The second kappa shape index (κ2) is 9.24. The van der Waals surface area contributed by atoms with E-state index in [1.807, 2.05) is 12.1 Å². The minimum Gasteiger partial charge on any atom is -0.454 e. The Balaban J connectivity index is 1.05. The monoisotopic (exact) mass is 554 g/mol. The van der Waals surface area contributed by atoms with Gasteiger partial charge in [0.1, 0.15) is 10.6 Å². The molecule has 2 heterocycles. The Kier molecular flexibility index (Phi) is 6.06.